The fourth-order valence-corrected chi connectivity index (χ4v) is 8.47. The monoisotopic (exact) mass is 692 g/mol. The van der Waals surface area contributed by atoms with Crippen LogP contribution in [0.4, 0.5) is 4.39 Å². The zero-order valence-corrected chi connectivity index (χ0v) is 29.3. The first-order valence-electron chi connectivity index (χ1n) is 18.2. The molecular weight excluding hydrogens is 660 g/mol. The number of benzene rings is 7. The van der Waals surface area contributed by atoms with Gasteiger partial charge in [-0.05, 0) is 97.9 Å². The summed E-state index contributed by atoms with van der Waals surface area (Å²) in [6, 6.07) is 65.1. The van der Waals surface area contributed by atoms with E-state index in [0.717, 1.165) is 50.2 Å². The van der Waals surface area contributed by atoms with Gasteiger partial charge in [-0.1, -0.05) is 146 Å². The van der Waals surface area contributed by atoms with Gasteiger partial charge in [-0.25, -0.2) is 4.39 Å². The van der Waals surface area contributed by atoms with E-state index in [0.29, 0.717) is 5.56 Å². The SMILES string of the molecule is Fc1ccc(-c2ccccn2)cc1-c1ccc(C2(c3ccc(-c4cccc(-c5nccc6ccccc56)c4)cc3)c3ccccc3-c3ccccc32)cc1. The molecule has 10 rings (SSSR count). The largest absolute Gasteiger partial charge is 0.256 e. The molecule has 2 aromatic heterocycles. The highest BCUT2D eigenvalue weighted by Gasteiger charge is 2.45. The number of nitrogens with zero attached hydrogens (tertiary/aromatic N) is 2. The van der Waals surface area contributed by atoms with E-state index in [1.165, 1.54) is 39.3 Å². The molecule has 0 bridgehead atoms. The second-order valence-electron chi connectivity index (χ2n) is 13.9. The molecule has 7 aromatic carbocycles. The summed E-state index contributed by atoms with van der Waals surface area (Å²) < 4.78 is 15.5. The lowest BCUT2D eigenvalue weighted by atomic mass is 9.67. The molecular formula is C51H33FN2. The van der Waals surface area contributed by atoms with E-state index in [1.807, 2.05) is 30.5 Å². The summed E-state index contributed by atoms with van der Waals surface area (Å²) in [4.78, 5) is 9.28. The van der Waals surface area contributed by atoms with Crippen LogP contribution < -0.4 is 0 Å². The van der Waals surface area contributed by atoms with Crippen molar-refractivity contribution in [3.05, 3.63) is 229 Å². The Morgan fingerprint density at radius 3 is 1.74 bits per heavy atom. The quantitative estimate of drug-likeness (QED) is 0.173. The van der Waals surface area contributed by atoms with Gasteiger partial charge in [0, 0.05) is 34.5 Å². The predicted molar refractivity (Wildman–Crippen MR) is 219 cm³/mol. The van der Waals surface area contributed by atoms with Crippen molar-refractivity contribution in [2.75, 3.05) is 0 Å². The van der Waals surface area contributed by atoms with E-state index < -0.39 is 5.41 Å². The minimum absolute atomic E-state index is 0.260. The van der Waals surface area contributed by atoms with Crippen molar-refractivity contribution in [2.24, 2.45) is 0 Å². The van der Waals surface area contributed by atoms with Gasteiger partial charge in [0.05, 0.1) is 16.8 Å². The van der Waals surface area contributed by atoms with E-state index in [9.17, 15) is 0 Å². The summed E-state index contributed by atoms with van der Waals surface area (Å²) in [5, 5.41) is 2.32. The Kier molecular flexibility index (Phi) is 7.59. The van der Waals surface area contributed by atoms with Crippen LogP contribution in [-0.4, -0.2) is 9.97 Å². The number of hydrogen-bond acceptors (Lipinski definition) is 2. The van der Waals surface area contributed by atoms with Crippen molar-refractivity contribution in [3.63, 3.8) is 0 Å². The number of aromatic nitrogens is 2. The molecule has 9 aromatic rings. The van der Waals surface area contributed by atoms with Crippen molar-refractivity contribution < 1.29 is 4.39 Å². The summed E-state index contributed by atoms with van der Waals surface area (Å²) in [5.41, 5.74) is 14.1. The smallest absolute Gasteiger partial charge is 0.131 e. The van der Waals surface area contributed by atoms with E-state index in [-0.39, 0.29) is 5.82 Å². The van der Waals surface area contributed by atoms with Crippen molar-refractivity contribution in [3.8, 4) is 55.9 Å². The van der Waals surface area contributed by atoms with Gasteiger partial charge in [0.25, 0.3) is 0 Å². The summed E-state index contributed by atoms with van der Waals surface area (Å²) in [6.07, 6.45) is 3.65. The molecule has 1 aliphatic rings. The maximum Gasteiger partial charge on any atom is 0.131 e. The Balaban J connectivity index is 1.09. The van der Waals surface area contributed by atoms with Gasteiger partial charge in [0.15, 0.2) is 0 Å². The van der Waals surface area contributed by atoms with Crippen LogP contribution >= 0.6 is 0 Å². The Bertz CT molecular complexity index is 2770. The summed E-state index contributed by atoms with van der Waals surface area (Å²) >= 11 is 0. The average molecular weight is 693 g/mol. The number of halogens is 1. The molecule has 54 heavy (non-hydrogen) atoms. The highest BCUT2D eigenvalue weighted by atomic mass is 19.1. The fraction of sp³-hybridized carbons (Fsp3) is 0.0196. The maximum absolute atomic E-state index is 15.5. The molecule has 0 saturated heterocycles. The highest BCUT2D eigenvalue weighted by Crippen LogP contribution is 2.56. The number of rotatable bonds is 6. The summed E-state index contributed by atoms with van der Waals surface area (Å²) in [7, 11) is 0. The van der Waals surface area contributed by atoms with E-state index in [1.54, 1.807) is 12.3 Å². The zero-order chi connectivity index (χ0) is 36.1. The number of fused-ring (bicyclic) bond motifs is 4. The van der Waals surface area contributed by atoms with Crippen molar-refractivity contribution in [1.29, 1.82) is 0 Å². The fourth-order valence-electron chi connectivity index (χ4n) is 8.47. The van der Waals surface area contributed by atoms with Crippen molar-refractivity contribution in [1.82, 2.24) is 9.97 Å². The standard InChI is InChI=1S/C51H33FN2/c52-48-28-23-38(49-18-7-8-30-53-49)33-45(48)36-21-26-41(27-22-36)51(46-16-5-3-14-43(46)44-15-4-6-17-47(44)51)40-24-19-34(20-25-40)37-11-9-12-39(32-37)50-42-13-2-1-10-35(42)29-31-54-50/h1-33H. The molecule has 0 radical (unpaired) electrons. The topological polar surface area (TPSA) is 25.8 Å². The number of hydrogen-bond donors (Lipinski definition) is 0. The van der Waals surface area contributed by atoms with Gasteiger partial charge in [-0.3, -0.25) is 9.97 Å². The highest BCUT2D eigenvalue weighted by molar-refractivity contribution is 5.95. The Labute approximate surface area is 313 Å². The first-order valence-corrected chi connectivity index (χ1v) is 18.2. The lowest BCUT2D eigenvalue weighted by Gasteiger charge is -2.34. The second-order valence-corrected chi connectivity index (χ2v) is 13.9. The van der Waals surface area contributed by atoms with Crippen LogP contribution in [0.15, 0.2) is 200 Å². The molecule has 2 nitrogen and oxygen atoms in total. The average Bonchev–Trinajstić information content (AvgIpc) is 3.55. The van der Waals surface area contributed by atoms with Crippen molar-refractivity contribution >= 4 is 10.8 Å². The molecule has 0 atom stereocenters. The molecule has 3 heteroatoms. The lowest BCUT2D eigenvalue weighted by Crippen LogP contribution is -2.28. The van der Waals surface area contributed by atoms with Crippen LogP contribution in [0.2, 0.25) is 0 Å². The van der Waals surface area contributed by atoms with Gasteiger partial charge in [-0.15, -0.1) is 0 Å². The first-order chi connectivity index (χ1) is 26.7. The summed E-state index contributed by atoms with van der Waals surface area (Å²) in [5.74, 6) is -0.260. The van der Waals surface area contributed by atoms with Crippen LogP contribution in [0.1, 0.15) is 22.3 Å². The van der Waals surface area contributed by atoms with E-state index in [2.05, 4.69) is 157 Å². The first kappa shape index (κ1) is 31.7. The minimum Gasteiger partial charge on any atom is -0.256 e. The Hall–Kier alpha value is -6.97. The van der Waals surface area contributed by atoms with Crippen LogP contribution in [-0.2, 0) is 5.41 Å². The predicted octanol–water partition coefficient (Wildman–Crippen LogP) is 12.8. The molecule has 2 heterocycles. The third-order valence-electron chi connectivity index (χ3n) is 11.0. The van der Waals surface area contributed by atoms with Gasteiger partial charge < -0.3 is 0 Å². The molecule has 1 aliphatic carbocycles. The molecule has 254 valence electrons. The van der Waals surface area contributed by atoms with Gasteiger partial charge in [-0.2, -0.15) is 0 Å². The van der Waals surface area contributed by atoms with Gasteiger partial charge >= 0.3 is 0 Å². The molecule has 0 saturated carbocycles. The van der Waals surface area contributed by atoms with Crippen LogP contribution in [0, 0.1) is 5.82 Å². The van der Waals surface area contributed by atoms with Crippen LogP contribution in [0.25, 0.3) is 66.7 Å². The molecule has 0 spiro atoms. The van der Waals surface area contributed by atoms with Gasteiger partial charge in [0.2, 0.25) is 0 Å². The summed E-state index contributed by atoms with van der Waals surface area (Å²) in [6.45, 7) is 0. The Morgan fingerprint density at radius 1 is 0.389 bits per heavy atom. The molecule has 0 unspecified atom stereocenters. The third-order valence-corrected chi connectivity index (χ3v) is 11.0. The van der Waals surface area contributed by atoms with Crippen LogP contribution in [0.5, 0.6) is 0 Å². The van der Waals surface area contributed by atoms with Crippen molar-refractivity contribution in [2.45, 2.75) is 5.41 Å². The third kappa shape index (κ3) is 5.08. The van der Waals surface area contributed by atoms with E-state index in [4.69, 9.17) is 4.98 Å². The second kappa shape index (κ2) is 12.9. The maximum atomic E-state index is 15.5. The Morgan fingerprint density at radius 2 is 1.02 bits per heavy atom. The zero-order valence-electron chi connectivity index (χ0n) is 29.3. The van der Waals surface area contributed by atoms with E-state index >= 15 is 4.39 Å². The number of pyridine rings is 2. The van der Waals surface area contributed by atoms with Gasteiger partial charge in [0.1, 0.15) is 5.82 Å². The molecule has 0 N–H and O–H groups in total. The molecule has 0 fully saturated rings. The molecule has 0 amide bonds. The minimum atomic E-state index is -0.576. The van der Waals surface area contributed by atoms with Crippen LogP contribution in [0.3, 0.4) is 0 Å². The normalized spacial score (nSPS) is 12.7. The molecule has 0 aliphatic heterocycles. The lowest BCUT2D eigenvalue weighted by molar-refractivity contribution is 0.631.